The SMILES string of the molecule is CN(Cc1cnn(C)c1)CC(C(N)=S)C(F)(F)F. The van der Waals surface area contributed by atoms with Crippen LogP contribution in [0, 0.1) is 5.92 Å². The molecule has 1 aromatic rings. The fourth-order valence-electron chi connectivity index (χ4n) is 1.60. The summed E-state index contributed by atoms with van der Waals surface area (Å²) < 4.78 is 39.6. The number of halogens is 3. The smallest absolute Gasteiger partial charge is 0.393 e. The van der Waals surface area contributed by atoms with Crippen LogP contribution in [0.4, 0.5) is 13.2 Å². The first kappa shape index (κ1) is 14.9. The van der Waals surface area contributed by atoms with Crippen LogP contribution in [0.25, 0.3) is 0 Å². The number of aryl methyl sites for hydroxylation is 1. The molecule has 0 aliphatic heterocycles. The van der Waals surface area contributed by atoms with Crippen LogP contribution in [0.2, 0.25) is 0 Å². The van der Waals surface area contributed by atoms with Gasteiger partial charge in [-0.2, -0.15) is 18.3 Å². The number of aromatic nitrogens is 2. The van der Waals surface area contributed by atoms with Gasteiger partial charge in [-0.15, -0.1) is 0 Å². The van der Waals surface area contributed by atoms with Crippen molar-refractivity contribution in [3.63, 3.8) is 0 Å². The van der Waals surface area contributed by atoms with Gasteiger partial charge in [-0.05, 0) is 7.05 Å². The lowest BCUT2D eigenvalue weighted by Gasteiger charge is -2.24. The van der Waals surface area contributed by atoms with Crippen LogP contribution in [-0.2, 0) is 13.6 Å². The van der Waals surface area contributed by atoms with Crippen molar-refractivity contribution in [2.45, 2.75) is 12.7 Å². The van der Waals surface area contributed by atoms with Crippen molar-refractivity contribution in [1.29, 1.82) is 0 Å². The first-order chi connectivity index (χ1) is 8.20. The van der Waals surface area contributed by atoms with Gasteiger partial charge in [0.25, 0.3) is 0 Å². The summed E-state index contributed by atoms with van der Waals surface area (Å²) >= 11 is 4.47. The predicted octanol–water partition coefficient (Wildman–Crippen LogP) is 1.32. The molecular formula is C10H15F3N4S. The molecule has 8 heteroatoms. The van der Waals surface area contributed by atoms with E-state index in [1.165, 1.54) is 4.90 Å². The molecule has 0 aliphatic carbocycles. The Morgan fingerprint density at radius 2 is 2.22 bits per heavy atom. The van der Waals surface area contributed by atoms with Crippen molar-refractivity contribution in [1.82, 2.24) is 14.7 Å². The van der Waals surface area contributed by atoms with Crippen molar-refractivity contribution in [3.8, 4) is 0 Å². The van der Waals surface area contributed by atoms with E-state index in [0.717, 1.165) is 5.56 Å². The minimum Gasteiger partial charge on any atom is -0.393 e. The monoisotopic (exact) mass is 280 g/mol. The molecule has 0 fully saturated rings. The molecule has 2 N–H and O–H groups in total. The van der Waals surface area contributed by atoms with Crippen LogP contribution in [0.5, 0.6) is 0 Å². The molecule has 1 atom stereocenters. The number of rotatable bonds is 5. The number of nitrogens with zero attached hydrogens (tertiary/aromatic N) is 3. The summed E-state index contributed by atoms with van der Waals surface area (Å²) in [7, 11) is 3.33. The maximum absolute atomic E-state index is 12.7. The Labute approximate surface area is 109 Å². The summed E-state index contributed by atoms with van der Waals surface area (Å²) in [6, 6.07) is 0. The number of thiocarbonyl (C=S) groups is 1. The Hall–Kier alpha value is -1.15. The summed E-state index contributed by atoms with van der Waals surface area (Å²) in [5.74, 6) is -1.78. The van der Waals surface area contributed by atoms with Crippen molar-refractivity contribution in [2.75, 3.05) is 13.6 Å². The highest BCUT2D eigenvalue weighted by atomic mass is 32.1. The molecule has 1 unspecified atom stereocenters. The lowest BCUT2D eigenvalue weighted by atomic mass is 10.1. The summed E-state index contributed by atoms with van der Waals surface area (Å²) in [6.45, 7) is 0.108. The highest BCUT2D eigenvalue weighted by Gasteiger charge is 2.42. The predicted molar refractivity (Wildman–Crippen MR) is 65.9 cm³/mol. The van der Waals surface area contributed by atoms with Gasteiger partial charge in [0.15, 0.2) is 0 Å². The maximum atomic E-state index is 12.7. The molecule has 0 radical (unpaired) electrons. The van der Waals surface area contributed by atoms with E-state index < -0.39 is 17.1 Å². The van der Waals surface area contributed by atoms with Gasteiger partial charge < -0.3 is 10.6 Å². The minimum absolute atomic E-state index is 0.256. The average Bonchev–Trinajstić information content (AvgIpc) is 2.58. The zero-order valence-corrected chi connectivity index (χ0v) is 10.9. The summed E-state index contributed by atoms with van der Waals surface area (Å²) in [6.07, 6.45) is -1.05. The van der Waals surface area contributed by atoms with Crippen molar-refractivity contribution >= 4 is 17.2 Å². The Kier molecular flexibility index (Phi) is 4.69. The van der Waals surface area contributed by atoms with Gasteiger partial charge in [-0.25, -0.2) is 0 Å². The first-order valence-electron chi connectivity index (χ1n) is 5.22. The highest BCUT2D eigenvalue weighted by molar-refractivity contribution is 7.80. The second-order valence-corrected chi connectivity index (χ2v) is 4.69. The number of nitrogens with two attached hydrogens (primary N) is 1. The molecule has 0 bridgehead atoms. The zero-order chi connectivity index (χ0) is 13.9. The van der Waals surface area contributed by atoms with Crippen molar-refractivity contribution < 1.29 is 13.2 Å². The molecule has 1 rings (SSSR count). The molecule has 18 heavy (non-hydrogen) atoms. The Morgan fingerprint density at radius 3 is 2.61 bits per heavy atom. The van der Waals surface area contributed by atoms with E-state index in [1.807, 2.05) is 0 Å². The molecule has 0 amide bonds. The Morgan fingerprint density at radius 1 is 1.61 bits per heavy atom. The summed E-state index contributed by atoms with van der Waals surface area (Å²) in [5.41, 5.74) is 5.97. The first-order valence-corrected chi connectivity index (χ1v) is 5.63. The van der Waals surface area contributed by atoms with E-state index in [0.29, 0.717) is 6.54 Å². The Balaban J connectivity index is 2.62. The van der Waals surface area contributed by atoms with E-state index in [1.54, 1.807) is 31.2 Å². The molecule has 0 saturated heterocycles. The van der Waals surface area contributed by atoms with E-state index in [4.69, 9.17) is 5.73 Å². The molecule has 0 spiro atoms. The number of alkyl halides is 3. The van der Waals surface area contributed by atoms with Gasteiger partial charge in [0.05, 0.1) is 11.2 Å². The third kappa shape index (κ3) is 4.26. The topological polar surface area (TPSA) is 47.1 Å². The second kappa shape index (κ2) is 5.66. The molecule has 1 aromatic heterocycles. The van der Waals surface area contributed by atoms with Crippen LogP contribution >= 0.6 is 12.2 Å². The van der Waals surface area contributed by atoms with Gasteiger partial charge in [-0.1, -0.05) is 12.2 Å². The fraction of sp³-hybridized carbons (Fsp3) is 0.600. The molecular weight excluding hydrogens is 265 g/mol. The normalized spacial score (nSPS) is 13.9. The maximum Gasteiger partial charge on any atom is 0.399 e. The van der Waals surface area contributed by atoms with Crippen molar-refractivity contribution in [3.05, 3.63) is 18.0 Å². The highest BCUT2D eigenvalue weighted by Crippen LogP contribution is 2.27. The van der Waals surface area contributed by atoms with Gasteiger partial charge in [0.2, 0.25) is 0 Å². The molecule has 102 valence electrons. The van der Waals surface area contributed by atoms with Crippen LogP contribution in [0.1, 0.15) is 5.56 Å². The van der Waals surface area contributed by atoms with Gasteiger partial charge in [0.1, 0.15) is 5.92 Å². The Bertz CT molecular complexity index is 416. The van der Waals surface area contributed by atoms with Crippen LogP contribution in [-0.4, -0.2) is 39.4 Å². The van der Waals surface area contributed by atoms with Gasteiger partial charge >= 0.3 is 6.18 Å². The molecule has 1 heterocycles. The third-order valence-corrected chi connectivity index (χ3v) is 2.73. The van der Waals surface area contributed by atoms with E-state index >= 15 is 0 Å². The van der Waals surface area contributed by atoms with Gasteiger partial charge in [0, 0.05) is 31.9 Å². The standard InChI is InChI=1S/C10H15F3N4S/c1-16(4-7-3-15-17(2)5-7)6-8(9(14)18)10(11,12)13/h3,5,8H,4,6H2,1-2H3,(H2,14,18). The van der Waals surface area contributed by atoms with Gasteiger partial charge in [-0.3, -0.25) is 4.68 Å². The van der Waals surface area contributed by atoms with E-state index in [-0.39, 0.29) is 6.54 Å². The lowest BCUT2D eigenvalue weighted by Crippen LogP contribution is -2.42. The second-order valence-electron chi connectivity index (χ2n) is 4.22. The van der Waals surface area contributed by atoms with Crippen LogP contribution in [0.15, 0.2) is 12.4 Å². The molecule has 0 aromatic carbocycles. The van der Waals surface area contributed by atoms with E-state index in [2.05, 4.69) is 17.3 Å². The lowest BCUT2D eigenvalue weighted by molar-refractivity contribution is -0.158. The summed E-state index contributed by atoms with van der Waals surface area (Å²) in [4.78, 5) is 0.995. The summed E-state index contributed by atoms with van der Waals surface area (Å²) in [5, 5.41) is 3.95. The van der Waals surface area contributed by atoms with E-state index in [9.17, 15) is 13.2 Å². The molecule has 0 aliphatic rings. The van der Waals surface area contributed by atoms with Crippen LogP contribution < -0.4 is 5.73 Å². The zero-order valence-electron chi connectivity index (χ0n) is 10.1. The average molecular weight is 280 g/mol. The number of hydrogen-bond acceptors (Lipinski definition) is 3. The third-order valence-electron chi connectivity index (χ3n) is 2.44. The minimum atomic E-state index is -4.41. The number of hydrogen-bond donors (Lipinski definition) is 1. The van der Waals surface area contributed by atoms with Crippen molar-refractivity contribution in [2.24, 2.45) is 18.7 Å². The fourth-order valence-corrected chi connectivity index (χ4v) is 1.80. The quantitative estimate of drug-likeness (QED) is 0.826. The largest absolute Gasteiger partial charge is 0.399 e. The molecule has 4 nitrogen and oxygen atoms in total. The molecule has 0 saturated carbocycles. The van der Waals surface area contributed by atoms with Crippen LogP contribution in [0.3, 0.4) is 0 Å².